The first-order valence-electron chi connectivity index (χ1n) is 8.03. The minimum Gasteiger partial charge on any atom is -0.482 e. The first-order valence-corrected chi connectivity index (χ1v) is 8.83. The predicted molar refractivity (Wildman–Crippen MR) is 103 cm³/mol. The van der Waals surface area contributed by atoms with Crippen molar-refractivity contribution in [2.75, 3.05) is 18.5 Å². The third-order valence-corrected chi connectivity index (χ3v) is 4.14. The molecule has 7 heteroatoms. The van der Waals surface area contributed by atoms with Crippen molar-refractivity contribution in [3.8, 4) is 5.75 Å². The summed E-state index contributed by atoms with van der Waals surface area (Å²) in [6.07, 6.45) is 0. The molecule has 0 fully saturated rings. The Balaban J connectivity index is 1.46. The summed E-state index contributed by atoms with van der Waals surface area (Å²) in [4.78, 5) is 23.5. The van der Waals surface area contributed by atoms with Crippen molar-refractivity contribution in [3.05, 3.63) is 71.0 Å². The number of ether oxygens (including phenoxy) is 2. The third kappa shape index (κ3) is 5.27. The number of benzene rings is 3. The maximum atomic E-state index is 13.7. The summed E-state index contributed by atoms with van der Waals surface area (Å²) in [6, 6.07) is 17.4. The first-order chi connectivity index (χ1) is 13.0. The van der Waals surface area contributed by atoms with Crippen LogP contribution in [0.2, 0.25) is 0 Å². The molecule has 0 saturated carbocycles. The second-order valence-corrected chi connectivity index (χ2v) is 6.55. The number of hydrogen-bond acceptors (Lipinski definition) is 4. The molecule has 0 radical (unpaired) electrons. The Labute approximate surface area is 163 Å². The Kier molecular flexibility index (Phi) is 6.03. The van der Waals surface area contributed by atoms with Crippen molar-refractivity contribution in [2.24, 2.45) is 0 Å². The van der Waals surface area contributed by atoms with Gasteiger partial charge in [-0.15, -0.1) is 0 Å². The van der Waals surface area contributed by atoms with E-state index in [1.807, 2.05) is 36.4 Å². The molecule has 0 aliphatic carbocycles. The van der Waals surface area contributed by atoms with E-state index < -0.39 is 24.3 Å². The zero-order valence-corrected chi connectivity index (χ0v) is 15.7. The summed E-state index contributed by atoms with van der Waals surface area (Å²) in [5, 5.41) is 4.38. The number of fused-ring (bicyclic) bond motifs is 1. The second kappa shape index (κ2) is 8.64. The molecule has 5 nitrogen and oxygen atoms in total. The number of esters is 1. The zero-order valence-electron chi connectivity index (χ0n) is 14.1. The van der Waals surface area contributed by atoms with Gasteiger partial charge in [0, 0.05) is 4.47 Å². The van der Waals surface area contributed by atoms with Gasteiger partial charge < -0.3 is 14.8 Å². The average Bonchev–Trinajstić information content (AvgIpc) is 2.67. The number of rotatable bonds is 6. The topological polar surface area (TPSA) is 64.6 Å². The quantitative estimate of drug-likeness (QED) is 0.590. The van der Waals surface area contributed by atoms with Crippen molar-refractivity contribution in [1.82, 2.24) is 0 Å². The zero-order chi connectivity index (χ0) is 19.2. The number of anilines is 1. The Morgan fingerprint density at radius 1 is 0.963 bits per heavy atom. The van der Waals surface area contributed by atoms with Gasteiger partial charge in [0.1, 0.15) is 11.6 Å². The monoisotopic (exact) mass is 431 g/mol. The van der Waals surface area contributed by atoms with E-state index in [0.29, 0.717) is 10.2 Å². The number of amides is 1. The van der Waals surface area contributed by atoms with Crippen LogP contribution in [-0.4, -0.2) is 25.1 Å². The fourth-order valence-electron chi connectivity index (χ4n) is 2.36. The maximum Gasteiger partial charge on any atom is 0.344 e. The molecule has 0 saturated heterocycles. The summed E-state index contributed by atoms with van der Waals surface area (Å²) < 4.78 is 24.4. The van der Waals surface area contributed by atoms with Crippen LogP contribution in [0.4, 0.5) is 10.1 Å². The molecule has 0 spiro atoms. The molecule has 0 aromatic heterocycles. The van der Waals surface area contributed by atoms with Crippen molar-refractivity contribution in [1.29, 1.82) is 0 Å². The van der Waals surface area contributed by atoms with Gasteiger partial charge in [0.2, 0.25) is 0 Å². The highest BCUT2D eigenvalue weighted by molar-refractivity contribution is 9.10. The predicted octanol–water partition coefficient (Wildman–Crippen LogP) is 4.30. The van der Waals surface area contributed by atoms with Crippen LogP contribution in [0.1, 0.15) is 0 Å². The van der Waals surface area contributed by atoms with Crippen LogP contribution in [-0.2, 0) is 14.3 Å². The van der Waals surface area contributed by atoms with Crippen LogP contribution < -0.4 is 10.1 Å². The van der Waals surface area contributed by atoms with Crippen LogP contribution in [0, 0.1) is 5.82 Å². The van der Waals surface area contributed by atoms with Crippen LogP contribution in [0.15, 0.2) is 65.1 Å². The Hall–Kier alpha value is -2.93. The van der Waals surface area contributed by atoms with Gasteiger partial charge >= 0.3 is 5.97 Å². The number of halogens is 2. The SMILES string of the molecule is O=C(COC(=O)COc1ccc2ccccc2c1)Nc1ccc(Br)cc1F. The lowest BCUT2D eigenvalue weighted by molar-refractivity contribution is -0.149. The number of nitrogens with one attached hydrogen (secondary N) is 1. The third-order valence-electron chi connectivity index (χ3n) is 3.65. The molecule has 0 unspecified atom stereocenters. The van der Waals surface area contributed by atoms with Crippen LogP contribution >= 0.6 is 15.9 Å². The molecule has 0 atom stereocenters. The van der Waals surface area contributed by atoms with E-state index in [9.17, 15) is 14.0 Å². The number of carbonyl (C=O) groups excluding carboxylic acids is 2. The lowest BCUT2D eigenvalue weighted by Crippen LogP contribution is -2.24. The molecule has 3 aromatic carbocycles. The van der Waals surface area contributed by atoms with E-state index >= 15 is 0 Å². The minimum absolute atomic E-state index is 0.00617. The summed E-state index contributed by atoms with van der Waals surface area (Å²) >= 11 is 3.13. The highest BCUT2D eigenvalue weighted by Crippen LogP contribution is 2.21. The Morgan fingerprint density at radius 3 is 2.52 bits per heavy atom. The summed E-state index contributed by atoms with van der Waals surface area (Å²) in [7, 11) is 0. The Bertz CT molecular complexity index is 993. The van der Waals surface area contributed by atoms with E-state index in [-0.39, 0.29) is 12.3 Å². The van der Waals surface area contributed by atoms with Crippen molar-refractivity contribution < 1.29 is 23.5 Å². The van der Waals surface area contributed by atoms with Gasteiger partial charge in [-0.05, 0) is 41.1 Å². The van der Waals surface area contributed by atoms with Crippen molar-refractivity contribution >= 4 is 44.3 Å². The number of hydrogen-bond donors (Lipinski definition) is 1. The van der Waals surface area contributed by atoms with Gasteiger partial charge in [-0.1, -0.05) is 46.3 Å². The van der Waals surface area contributed by atoms with Crippen LogP contribution in [0.25, 0.3) is 10.8 Å². The fourth-order valence-corrected chi connectivity index (χ4v) is 2.70. The standard InChI is InChI=1S/C20H15BrFNO4/c21-15-6-8-18(17(22)10-15)23-19(24)11-27-20(25)12-26-16-7-5-13-3-1-2-4-14(13)9-16/h1-10H,11-12H2,(H,23,24). The van der Waals surface area contributed by atoms with Gasteiger partial charge in [0.05, 0.1) is 5.69 Å². The highest BCUT2D eigenvalue weighted by Gasteiger charge is 2.11. The summed E-state index contributed by atoms with van der Waals surface area (Å²) in [5.41, 5.74) is 0.00617. The molecule has 3 aromatic rings. The van der Waals surface area contributed by atoms with E-state index in [1.54, 1.807) is 12.1 Å². The molecule has 27 heavy (non-hydrogen) atoms. The smallest absolute Gasteiger partial charge is 0.344 e. The number of carbonyl (C=O) groups is 2. The molecule has 1 N–H and O–H groups in total. The van der Waals surface area contributed by atoms with Gasteiger partial charge in [-0.2, -0.15) is 0 Å². The second-order valence-electron chi connectivity index (χ2n) is 5.63. The van der Waals surface area contributed by atoms with Crippen molar-refractivity contribution in [3.63, 3.8) is 0 Å². The van der Waals surface area contributed by atoms with Crippen LogP contribution in [0.3, 0.4) is 0 Å². The molecule has 0 heterocycles. The maximum absolute atomic E-state index is 13.7. The molecule has 0 aliphatic heterocycles. The fraction of sp³-hybridized carbons (Fsp3) is 0.100. The molecule has 138 valence electrons. The van der Waals surface area contributed by atoms with E-state index in [0.717, 1.165) is 10.8 Å². The van der Waals surface area contributed by atoms with Crippen molar-refractivity contribution in [2.45, 2.75) is 0 Å². The molecular formula is C20H15BrFNO4. The van der Waals surface area contributed by atoms with E-state index in [1.165, 1.54) is 12.1 Å². The molecule has 3 rings (SSSR count). The van der Waals surface area contributed by atoms with E-state index in [4.69, 9.17) is 9.47 Å². The lowest BCUT2D eigenvalue weighted by atomic mass is 10.1. The molecular weight excluding hydrogens is 417 g/mol. The van der Waals surface area contributed by atoms with Gasteiger partial charge in [0.25, 0.3) is 5.91 Å². The average molecular weight is 432 g/mol. The largest absolute Gasteiger partial charge is 0.482 e. The molecule has 0 aliphatic rings. The van der Waals surface area contributed by atoms with Gasteiger partial charge in [0.15, 0.2) is 13.2 Å². The summed E-state index contributed by atoms with van der Waals surface area (Å²) in [5.74, 6) is -1.42. The normalized spacial score (nSPS) is 10.4. The van der Waals surface area contributed by atoms with Crippen LogP contribution in [0.5, 0.6) is 5.75 Å². The summed E-state index contributed by atoms with van der Waals surface area (Å²) in [6.45, 7) is -0.867. The first kappa shape index (κ1) is 18.8. The lowest BCUT2D eigenvalue weighted by Gasteiger charge is -2.09. The molecule has 1 amide bonds. The van der Waals surface area contributed by atoms with E-state index in [2.05, 4.69) is 21.2 Å². The minimum atomic E-state index is -0.699. The molecule has 0 bridgehead atoms. The van der Waals surface area contributed by atoms with Gasteiger partial charge in [-0.3, -0.25) is 4.79 Å². The Morgan fingerprint density at radius 2 is 1.74 bits per heavy atom. The van der Waals surface area contributed by atoms with Gasteiger partial charge in [-0.25, -0.2) is 9.18 Å². The highest BCUT2D eigenvalue weighted by atomic mass is 79.9.